The molecule has 0 saturated carbocycles. The Morgan fingerprint density at radius 3 is 3.00 bits per heavy atom. The van der Waals surface area contributed by atoms with Crippen molar-refractivity contribution in [2.45, 2.75) is 13.3 Å². The number of rotatable bonds is 7. The number of anilines is 1. The van der Waals surface area contributed by atoms with Crippen LogP contribution >= 0.6 is 0 Å². The fraction of sp³-hybridized carbons (Fsp3) is 0.357. The Balaban J connectivity index is 2.06. The molecule has 1 N–H and O–H groups in total. The van der Waals surface area contributed by atoms with E-state index in [2.05, 4.69) is 10.3 Å². The van der Waals surface area contributed by atoms with Crippen molar-refractivity contribution in [2.24, 2.45) is 0 Å². The molecule has 20 heavy (non-hydrogen) atoms. The highest BCUT2D eigenvalue weighted by Crippen LogP contribution is 2.19. The molecular formula is C14H17F2N3O. The van der Waals surface area contributed by atoms with Crippen LogP contribution in [-0.4, -0.2) is 29.3 Å². The van der Waals surface area contributed by atoms with Gasteiger partial charge in [-0.2, -0.15) is 0 Å². The zero-order chi connectivity index (χ0) is 14.4. The first-order valence-electron chi connectivity index (χ1n) is 6.53. The van der Waals surface area contributed by atoms with Gasteiger partial charge in [0, 0.05) is 32.2 Å². The van der Waals surface area contributed by atoms with Gasteiger partial charge in [-0.25, -0.2) is 13.8 Å². The molecule has 2 rings (SSSR count). The first-order valence-corrected chi connectivity index (χ1v) is 6.53. The summed E-state index contributed by atoms with van der Waals surface area (Å²) in [6, 6.07) is 4.06. The van der Waals surface area contributed by atoms with Gasteiger partial charge in [-0.3, -0.25) is 4.57 Å². The summed E-state index contributed by atoms with van der Waals surface area (Å²) >= 11 is 0. The molecular weight excluding hydrogens is 264 g/mol. The van der Waals surface area contributed by atoms with Crippen LogP contribution in [0.4, 0.5) is 14.7 Å². The van der Waals surface area contributed by atoms with Crippen LogP contribution in [0.2, 0.25) is 0 Å². The van der Waals surface area contributed by atoms with Gasteiger partial charge < -0.3 is 10.1 Å². The molecule has 4 nitrogen and oxygen atoms in total. The molecule has 6 heteroatoms. The predicted octanol–water partition coefficient (Wildman–Crippen LogP) is 2.99. The molecule has 0 amide bonds. The van der Waals surface area contributed by atoms with Crippen LogP contribution in [0.15, 0.2) is 30.6 Å². The third-order valence-corrected chi connectivity index (χ3v) is 2.78. The lowest BCUT2D eigenvalue weighted by atomic mass is 10.3. The fourth-order valence-corrected chi connectivity index (χ4v) is 1.83. The fourth-order valence-electron chi connectivity index (χ4n) is 1.83. The molecule has 0 aliphatic rings. The summed E-state index contributed by atoms with van der Waals surface area (Å²) in [6.45, 7) is 3.92. The van der Waals surface area contributed by atoms with E-state index in [1.165, 1.54) is 22.9 Å². The average Bonchev–Trinajstić information content (AvgIpc) is 2.90. The SMILES string of the molecule is CCOCCCNc1nccn1-c1cccc(F)c1F. The van der Waals surface area contributed by atoms with E-state index < -0.39 is 11.6 Å². The first kappa shape index (κ1) is 14.5. The zero-order valence-corrected chi connectivity index (χ0v) is 11.3. The monoisotopic (exact) mass is 281 g/mol. The molecule has 2 aromatic rings. The van der Waals surface area contributed by atoms with Gasteiger partial charge in [-0.1, -0.05) is 6.07 Å². The maximum Gasteiger partial charge on any atom is 0.207 e. The lowest BCUT2D eigenvalue weighted by Gasteiger charge is -2.10. The van der Waals surface area contributed by atoms with Crippen molar-refractivity contribution in [2.75, 3.05) is 25.1 Å². The highest BCUT2D eigenvalue weighted by Gasteiger charge is 2.12. The minimum Gasteiger partial charge on any atom is -0.382 e. The maximum atomic E-state index is 13.8. The summed E-state index contributed by atoms with van der Waals surface area (Å²) in [5.74, 6) is -1.28. The molecule has 0 radical (unpaired) electrons. The van der Waals surface area contributed by atoms with Crippen molar-refractivity contribution in [1.82, 2.24) is 9.55 Å². The van der Waals surface area contributed by atoms with Crippen molar-refractivity contribution < 1.29 is 13.5 Å². The molecule has 0 bridgehead atoms. The van der Waals surface area contributed by atoms with Crippen LogP contribution in [0.1, 0.15) is 13.3 Å². The molecule has 108 valence electrons. The van der Waals surface area contributed by atoms with E-state index in [1.54, 1.807) is 6.20 Å². The number of halogens is 2. The lowest BCUT2D eigenvalue weighted by Crippen LogP contribution is -2.10. The van der Waals surface area contributed by atoms with Crippen molar-refractivity contribution in [3.8, 4) is 5.69 Å². The van der Waals surface area contributed by atoms with Gasteiger partial charge >= 0.3 is 0 Å². The van der Waals surface area contributed by atoms with E-state index in [4.69, 9.17) is 4.74 Å². The Bertz CT molecular complexity index is 557. The third-order valence-electron chi connectivity index (χ3n) is 2.78. The first-order chi connectivity index (χ1) is 9.74. The van der Waals surface area contributed by atoms with E-state index >= 15 is 0 Å². The number of ether oxygens (including phenoxy) is 1. The van der Waals surface area contributed by atoms with Crippen molar-refractivity contribution in [3.05, 3.63) is 42.2 Å². The topological polar surface area (TPSA) is 39.1 Å². The quantitative estimate of drug-likeness (QED) is 0.793. The Morgan fingerprint density at radius 2 is 2.20 bits per heavy atom. The van der Waals surface area contributed by atoms with Gasteiger partial charge in [0.2, 0.25) is 5.95 Å². The molecule has 0 unspecified atom stereocenters. The Kier molecular flexibility index (Phi) is 5.06. The molecule has 0 saturated heterocycles. The largest absolute Gasteiger partial charge is 0.382 e. The molecule has 0 atom stereocenters. The number of nitrogens with one attached hydrogen (secondary N) is 1. The van der Waals surface area contributed by atoms with Gasteiger partial charge in [0.15, 0.2) is 11.6 Å². The van der Waals surface area contributed by atoms with Crippen molar-refractivity contribution >= 4 is 5.95 Å². The summed E-state index contributed by atoms with van der Waals surface area (Å²) in [5, 5.41) is 3.08. The van der Waals surface area contributed by atoms with Crippen LogP contribution in [0.3, 0.4) is 0 Å². The summed E-state index contributed by atoms with van der Waals surface area (Å²) in [5.41, 5.74) is 0.134. The standard InChI is InChI=1S/C14H17F2N3O/c1-2-20-10-4-7-17-14-18-8-9-19(14)12-6-3-5-11(15)13(12)16/h3,5-6,8-9H,2,4,7,10H2,1H3,(H,17,18). The Morgan fingerprint density at radius 1 is 1.35 bits per heavy atom. The molecule has 1 aromatic carbocycles. The normalized spacial score (nSPS) is 10.8. The van der Waals surface area contributed by atoms with Gasteiger partial charge in [-0.05, 0) is 25.5 Å². The van der Waals surface area contributed by atoms with E-state index in [9.17, 15) is 8.78 Å². The highest BCUT2D eigenvalue weighted by molar-refractivity contribution is 5.42. The van der Waals surface area contributed by atoms with Gasteiger partial charge in [-0.15, -0.1) is 0 Å². The summed E-state index contributed by atoms with van der Waals surface area (Å²) in [6.07, 6.45) is 3.93. The number of hydrogen-bond donors (Lipinski definition) is 1. The van der Waals surface area contributed by atoms with Gasteiger partial charge in [0.25, 0.3) is 0 Å². The second-order valence-corrected chi connectivity index (χ2v) is 4.17. The smallest absolute Gasteiger partial charge is 0.207 e. The van der Waals surface area contributed by atoms with Crippen LogP contribution in [0.5, 0.6) is 0 Å². The Labute approximate surface area is 116 Å². The van der Waals surface area contributed by atoms with E-state index in [0.29, 0.717) is 25.7 Å². The third kappa shape index (κ3) is 3.33. The van der Waals surface area contributed by atoms with Crippen LogP contribution < -0.4 is 5.32 Å². The molecule has 0 spiro atoms. The molecule has 1 aromatic heterocycles. The van der Waals surface area contributed by atoms with Gasteiger partial charge in [0.05, 0.1) is 5.69 Å². The minimum absolute atomic E-state index is 0.134. The van der Waals surface area contributed by atoms with Crippen LogP contribution in [0.25, 0.3) is 5.69 Å². The van der Waals surface area contributed by atoms with Gasteiger partial charge in [0.1, 0.15) is 0 Å². The Hall–Kier alpha value is -1.95. The second kappa shape index (κ2) is 7.00. The maximum absolute atomic E-state index is 13.8. The van der Waals surface area contributed by atoms with E-state index in [0.717, 1.165) is 12.5 Å². The number of aromatic nitrogens is 2. The number of nitrogens with zero attached hydrogens (tertiary/aromatic N) is 2. The molecule has 0 fully saturated rings. The van der Waals surface area contributed by atoms with Crippen molar-refractivity contribution in [1.29, 1.82) is 0 Å². The second-order valence-electron chi connectivity index (χ2n) is 4.17. The van der Waals surface area contributed by atoms with Crippen molar-refractivity contribution in [3.63, 3.8) is 0 Å². The highest BCUT2D eigenvalue weighted by atomic mass is 19.2. The summed E-state index contributed by atoms with van der Waals surface area (Å²) < 4.78 is 33.7. The summed E-state index contributed by atoms with van der Waals surface area (Å²) in [7, 11) is 0. The molecule has 1 heterocycles. The average molecular weight is 281 g/mol. The predicted molar refractivity (Wildman–Crippen MR) is 73.1 cm³/mol. The van der Waals surface area contributed by atoms with E-state index in [-0.39, 0.29) is 5.69 Å². The molecule has 0 aliphatic heterocycles. The number of benzene rings is 1. The van der Waals surface area contributed by atoms with E-state index in [1.807, 2.05) is 6.92 Å². The minimum atomic E-state index is -0.886. The summed E-state index contributed by atoms with van der Waals surface area (Å²) in [4.78, 5) is 4.10. The van der Waals surface area contributed by atoms with Crippen LogP contribution in [0, 0.1) is 11.6 Å². The number of imidazole rings is 1. The zero-order valence-electron chi connectivity index (χ0n) is 11.3. The van der Waals surface area contributed by atoms with Crippen LogP contribution in [-0.2, 0) is 4.74 Å². The molecule has 0 aliphatic carbocycles. The number of hydrogen-bond acceptors (Lipinski definition) is 3. The lowest BCUT2D eigenvalue weighted by molar-refractivity contribution is 0.147.